The molecule has 2 aromatic carbocycles. The Morgan fingerprint density at radius 1 is 0.833 bits per heavy atom. The van der Waals surface area contributed by atoms with Crippen molar-refractivity contribution in [2.45, 2.75) is 9.79 Å². The predicted molar refractivity (Wildman–Crippen MR) is 70.7 cm³/mol. The Balaban J connectivity index is 2.41. The van der Waals surface area contributed by atoms with Gasteiger partial charge in [-0.3, -0.25) is 4.79 Å². The SMILES string of the molecule is O=C(c1ccc(F)c(S)c1)c1ccc(F)c(S)c1. The molecule has 0 spiro atoms. The van der Waals surface area contributed by atoms with Crippen LogP contribution in [0.3, 0.4) is 0 Å². The Morgan fingerprint density at radius 3 is 1.56 bits per heavy atom. The van der Waals surface area contributed by atoms with Gasteiger partial charge in [-0.05, 0) is 36.4 Å². The van der Waals surface area contributed by atoms with Crippen LogP contribution in [0.1, 0.15) is 15.9 Å². The monoisotopic (exact) mass is 282 g/mol. The number of carbonyl (C=O) groups excluding carboxylic acids is 1. The van der Waals surface area contributed by atoms with Gasteiger partial charge < -0.3 is 0 Å². The molecule has 0 aliphatic carbocycles. The van der Waals surface area contributed by atoms with E-state index in [4.69, 9.17) is 0 Å². The number of hydrogen-bond acceptors (Lipinski definition) is 3. The van der Waals surface area contributed by atoms with Crippen LogP contribution in [0.2, 0.25) is 0 Å². The molecule has 0 fully saturated rings. The van der Waals surface area contributed by atoms with Crippen LogP contribution in [0.15, 0.2) is 46.2 Å². The molecule has 0 saturated heterocycles. The molecule has 0 saturated carbocycles. The molecule has 0 atom stereocenters. The van der Waals surface area contributed by atoms with E-state index < -0.39 is 11.6 Å². The largest absolute Gasteiger partial charge is 0.289 e. The maximum absolute atomic E-state index is 13.0. The molecular formula is C13H8F2OS2. The highest BCUT2D eigenvalue weighted by Gasteiger charge is 2.12. The fraction of sp³-hybridized carbons (Fsp3) is 0. The Hall–Kier alpha value is -1.33. The second-order valence-corrected chi connectivity index (χ2v) is 4.63. The average molecular weight is 282 g/mol. The summed E-state index contributed by atoms with van der Waals surface area (Å²) in [6.45, 7) is 0. The molecule has 0 aromatic heterocycles. The number of halogens is 2. The van der Waals surface area contributed by atoms with Crippen molar-refractivity contribution < 1.29 is 13.6 Å². The fourth-order valence-electron chi connectivity index (χ4n) is 1.47. The fourth-order valence-corrected chi connectivity index (χ4v) is 1.90. The zero-order valence-electron chi connectivity index (χ0n) is 9.02. The first-order valence-electron chi connectivity index (χ1n) is 5.01. The van der Waals surface area contributed by atoms with Crippen molar-refractivity contribution in [2.75, 3.05) is 0 Å². The molecule has 2 rings (SSSR count). The summed E-state index contributed by atoms with van der Waals surface area (Å²) < 4.78 is 26.1. The number of benzene rings is 2. The maximum atomic E-state index is 13.0. The molecule has 0 aliphatic rings. The second kappa shape index (κ2) is 5.12. The lowest BCUT2D eigenvalue weighted by Crippen LogP contribution is -2.02. The predicted octanol–water partition coefficient (Wildman–Crippen LogP) is 3.77. The molecule has 0 N–H and O–H groups in total. The summed E-state index contributed by atoms with van der Waals surface area (Å²) in [5.41, 5.74) is 0.585. The first-order chi connectivity index (χ1) is 8.49. The van der Waals surface area contributed by atoms with Crippen LogP contribution in [0, 0.1) is 11.6 Å². The first kappa shape index (κ1) is 13.1. The quantitative estimate of drug-likeness (QED) is 0.633. The third kappa shape index (κ3) is 2.57. The summed E-state index contributed by atoms with van der Waals surface area (Å²) in [7, 11) is 0. The van der Waals surface area contributed by atoms with Gasteiger partial charge in [-0.25, -0.2) is 8.78 Å². The third-order valence-electron chi connectivity index (χ3n) is 2.42. The van der Waals surface area contributed by atoms with E-state index in [1.165, 1.54) is 36.4 Å². The standard InChI is InChI=1S/C13H8F2OS2/c14-9-3-1-7(5-11(9)17)13(16)8-2-4-10(15)12(18)6-8/h1-6,17-18H. The van der Waals surface area contributed by atoms with E-state index in [0.29, 0.717) is 11.1 Å². The molecule has 0 radical (unpaired) electrons. The Morgan fingerprint density at radius 2 is 1.22 bits per heavy atom. The van der Waals surface area contributed by atoms with E-state index in [-0.39, 0.29) is 15.6 Å². The van der Waals surface area contributed by atoms with Crippen molar-refractivity contribution in [3.05, 3.63) is 59.2 Å². The van der Waals surface area contributed by atoms with E-state index in [0.717, 1.165) is 0 Å². The van der Waals surface area contributed by atoms with E-state index in [1.54, 1.807) is 0 Å². The molecule has 0 unspecified atom stereocenters. The van der Waals surface area contributed by atoms with Crippen molar-refractivity contribution in [1.82, 2.24) is 0 Å². The van der Waals surface area contributed by atoms with Crippen LogP contribution in [-0.4, -0.2) is 5.78 Å². The van der Waals surface area contributed by atoms with E-state index in [2.05, 4.69) is 25.3 Å². The van der Waals surface area contributed by atoms with Crippen molar-refractivity contribution in [1.29, 1.82) is 0 Å². The summed E-state index contributed by atoms with van der Waals surface area (Å²) in [6.07, 6.45) is 0. The highest BCUT2D eigenvalue weighted by atomic mass is 32.1. The summed E-state index contributed by atoms with van der Waals surface area (Å²) >= 11 is 7.82. The lowest BCUT2D eigenvalue weighted by atomic mass is 10.0. The molecule has 5 heteroatoms. The zero-order valence-corrected chi connectivity index (χ0v) is 10.8. The maximum Gasteiger partial charge on any atom is 0.193 e. The molecule has 0 bridgehead atoms. The lowest BCUT2D eigenvalue weighted by Gasteiger charge is -2.04. The summed E-state index contributed by atoms with van der Waals surface area (Å²) in [6, 6.07) is 7.73. The highest BCUT2D eigenvalue weighted by molar-refractivity contribution is 7.80. The van der Waals surface area contributed by atoms with Gasteiger partial charge >= 0.3 is 0 Å². The molecule has 0 amide bonds. The van der Waals surface area contributed by atoms with Gasteiger partial charge in [-0.15, -0.1) is 25.3 Å². The number of thiol groups is 2. The zero-order chi connectivity index (χ0) is 13.3. The van der Waals surface area contributed by atoms with Crippen LogP contribution in [0.5, 0.6) is 0 Å². The van der Waals surface area contributed by atoms with Crippen LogP contribution in [0.25, 0.3) is 0 Å². The number of rotatable bonds is 2. The summed E-state index contributed by atoms with van der Waals surface area (Å²) in [5.74, 6) is -1.33. The number of carbonyl (C=O) groups is 1. The van der Waals surface area contributed by atoms with Gasteiger partial charge in [0.1, 0.15) is 11.6 Å². The van der Waals surface area contributed by atoms with Crippen LogP contribution >= 0.6 is 25.3 Å². The number of ketones is 1. The van der Waals surface area contributed by atoms with E-state index in [9.17, 15) is 13.6 Å². The molecule has 1 nitrogen and oxygen atoms in total. The highest BCUT2D eigenvalue weighted by Crippen LogP contribution is 2.20. The topological polar surface area (TPSA) is 17.1 Å². The van der Waals surface area contributed by atoms with Crippen LogP contribution in [0.4, 0.5) is 8.78 Å². The molecule has 0 aliphatic heterocycles. The normalized spacial score (nSPS) is 10.4. The van der Waals surface area contributed by atoms with Crippen molar-refractivity contribution in [3.63, 3.8) is 0 Å². The van der Waals surface area contributed by atoms with Crippen molar-refractivity contribution in [2.24, 2.45) is 0 Å². The lowest BCUT2D eigenvalue weighted by molar-refractivity contribution is 0.103. The number of hydrogen-bond donors (Lipinski definition) is 2. The van der Waals surface area contributed by atoms with Crippen LogP contribution < -0.4 is 0 Å². The Labute approximate surface area is 114 Å². The molecule has 92 valence electrons. The average Bonchev–Trinajstić information content (AvgIpc) is 2.35. The van der Waals surface area contributed by atoms with Crippen molar-refractivity contribution in [3.8, 4) is 0 Å². The second-order valence-electron chi connectivity index (χ2n) is 3.66. The van der Waals surface area contributed by atoms with Gasteiger partial charge in [0, 0.05) is 20.9 Å². The minimum Gasteiger partial charge on any atom is -0.289 e. The summed E-state index contributed by atoms with van der Waals surface area (Å²) in [4.78, 5) is 12.2. The third-order valence-corrected chi connectivity index (χ3v) is 3.10. The molecule has 0 heterocycles. The van der Waals surface area contributed by atoms with Gasteiger partial charge in [-0.1, -0.05) is 0 Å². The van der Waals surface area contributed by atoms with Gasteiger partial charge in [0.25, 0.3) is 0 Å². The Kier molecular flexibility index (Phi) is 3.73. The van der Waals surface area contributed by atoms with Gasteiger partial charge in [0.15, 0.2) is 5.78 Å². The van der Waals surface area contributed by atoms with E-state index >= 15 is 0 Å². The minimum atomic E-state index is -0.496. The van der Waals surface area contributed by atoms with Gasteiger partial charge in [-0.2, -0.15) is 0 Å². The van der Waals surface area contributed by atoms with Crippen LogP contribution in [-0.2, 0) is 0 Å². The van der Waals surface area contributed by atoms with Gasteiger partial charge in [0.2, 0.25) is 0 Å². The van der Waals surface area contributed by atoms with Crippen molar-refractivity contribution >= 4 is 31.0 Å². The first-order valence-corrected chi connectivity index (χ1v) is 5.90. The molecule has 2 aromatic rings. The summed E-state index contributed by atoms with van der Waals surface area (Å²) in [5, 5.41) is 0. The molecule has 18 heavy (non-hydrogen) atoms. The van der Waals surface area contributed by atoms with Gasteiger partial charge in [0.05, 0.1) is 0 Å². The van der Waals surface area contributed by atoms with E-state index in [1.807, 2.05) is 0 Å². The Bertz CT molecular complexity index is 573. The smallest absolute Gasteiger partial charge is 0.193 e. The minimum absolute atomic E-state index is 0.0917. The molecular weight excluding hydrogens is 274 g/mol.